The first-order valence-electron chi connectivity index (χ1n) is 4.32. The van der Waals surface area contributed by atoms with Crippen LogP contribution in [0, 0.1) is 0 Å². The molecule has 0 saturated carbocycles. The fourth-order valence-corrected chi connectivity index (χ4v) is 2.89. The van der Waals surface area contributed by atoms with Crippen LogP contribution < -0.4 is 5.73 Å². The molecular weight excluding hydrogens is 248 g/mol. The van der Waals surface area contributed by atoms with Gasteiger partial charge >= 0.3 is 0 Å². The molecule has 0 bridgehead atoms. The molecule has 2 aromatic rings. The molecular formula is C10H9ClN2S2. The molecule has 1 aromatic carbocycles. The molecule has 78 valence electrons. The number of thioether (sulfide) groups is 1. The molecule has 1 aromatic heterocycles. The van der Waals surface area contributed by atoms with E-state index in [-0.39, 0.29) is 0 Å². The van der Waals surface area contributed by atoms with E-state index in [0.29, 0.717) is 10.7 Å². The van der Waals surface area contributed by atoms with E-state index in [2.05, 4.69) is 4.98 Å². The zero-order chi connectivity index (χ0) is 10.7. The Morgan fingerprint density at radius 2 is 2.33 bits per heavy atom. The summed E-state index contributed by atoms with van der Waals surface area (Å²) in [7, 11) is 0. The fourth-order valence-electron chi connectivity index (χ4n) is 1.07. The summed E-state index contributed by atoms with van der Waals surface area (Å²) >= 11 is 9.29. The Kier molecular flexibility index (Phi) is 3.51. The first kappa shape index (κ1) is 10.8. The van der Waals surface area contributed by atoms with Gasteiger partial charge in [-0.15, -0.1) is 23.1 Å². The number of thiazole rings is 1. The minimum Gasteiger partial charge on any atom is -0.398 e. The summed E-state index contributed by atoms with van der Waals surface area (Å²) in [5.74, 6) is 0.873. The third-order valence-corrected chi connectivity index (χ3v) is 4.11. The van der Waals surface area contributed by atoms with Gasteiger partial charge in [-0.3, -0.25) is 0 Å². The second-order valence-electron chi connectivity index (χ2n) is 2.90. The maximum absolute atomic E-state index is 5.92. The second-order valence-corrected chi connectivity index (χ2v) is 5.33. The van der Waals surface area contributed by atoms with Crippen LogP contribution in [0.2, 0.25) is 5.02 Å². The van der Waals surface area contributed by atoms with E-state index in [1.165, 1.54) is 0 Å². The number of anilines is 1. The molecule has 15 heavy (non-hydrogen) atoms. The van der Waals surface area contributed by atoms with Crippen LogP contribution in [0.15, 0.2) is 34.7 Å². The lowest BCUT2D eigenvalue weighted by atomic mass is 10.3. The summed E-state index contributed by atoms with van der Waals surface area (Å²) in [4.78, 5) is 5.33. The van der Waals surface area contributed by atoms with Gasteiger partial charge in [0.15, 0.2) is 0 Å². The van der Waals surface area contributed by atoms with E-state index in [9.17, 15) is 0 Å². The Morgan fingerprint density at radius 3 is 3.00 bits per heavy atom. The smallest absolute Gasteiger partial charge is 0.103 e. The zero-order valence-electron chi connectivity index (χ0n) is 7.81. The molecule has 2 nitrogen and oxygen atoms in total. The van der Waals surface area contributed by atoms with Crippen LogP contribution >= 0.6 is 34.7 Å². The fraction of sp³-hybridized carbons (Fsp3) is 0.100. The highest BCUT2D eigenvalue weighted by Gasteiger charge is 2.01. The van der Waals surface area contributed by atoms with Gasteiger partial charge in [0, 0.05) is 16.5 Å². The molecule has 0 amide bonds. The van der Waals surface area contributed by atoms with Crippen molar-refractivity contribution in [2.45, 2.75) is 10.6 Å². The second kappa shape index (κ2) is 4.88. The molecule has 0 saturated heterocycles. The summed E-state index contributed by atoms with van der Waals surface area (Å²) < 4.78 is 0. The van der Waals surface area contributed by atoms with Crippen molar-refractivity contribution >= 4 is 40.4 Å². The molecule has 2 rings (SSSR count). The van der Waals surface area contributed by atoms with Gasteiger partial charge in [-0.05, 0) is 18.2 Å². The lowest BCUT2D eigenvalue weighted by molar-refractivity contribution is 1.26. The Labute approximate surface area is 101 Å². The number of nitrogens with two attached hydrogens (primary N) is 1. The van der Waals surface area contributed by atoms with Crippen LogP contribution in [0.1, 0.15) is 5.01 Å². The molecule has 0 aliphatic carbocycles. The molecule has 5 heteroatoms. The highest BCUT2D eigenvalue weighted by atomic mass is 35.5. The number of hydrogen-bond acceptors (Lipinski definition) is 4. The average molecular weight is 257 g/mol. The van der Waals surface area contributed by atoms with E-state index in [0.717, 1.165) is 15.7 Å². The van der Waals surface area contributed by atoms with Crippen molar-refractivity contribution in [1.82, 2.24) is 4.98 Å². The maximum Gasteiger partial charge on any atom is 0.103 e. The minimum absolute atomic E-state index is 0.610. The number of nitrogens with zero attached hydrogens (tertiary/aromatic N) is 1. The van der Waals surface area contributed by atoms with Crippen LogP contribution in [-0.2, 0) is 5.75 Å². The van der Waals surface area contributed by atoms with Crippen molar-refractivity contribution in [1.29, 1.82) is 0 Å². The van der Waals surface area contributed by atoms with Gasteiger partial charge in [0.1, 0.15) is 5.01 Å². The first-order valence-corrected chi connectivity index (χ1v) is 6.56. The number of nitrogen functional groups attached to an aromatic ring is 1. The molecule has 0 unspecified atom stereocenters. The highest BCUT2D eigenvalue weighted by molar-refractivity contribution is 7.98. The zero-order valence-corrected chi connectivity index (χ0v) is 10.2. The molecule has 0 fully saturated rings. The molecule has 0 aliphatic rings. The molecule has 1 heterocycles. The van der Waals surface area contributed by atoms with Crippen molar-refractivity contribution in [3.63, 3.8) is 0 Å². The molecule has 2 N–H and O–H groups in total. The lowest BCUT2D eigenvalue weighted by Crippen LogP contribution is -1.86. The van der Waals surface area contributed by atoms with Gasteiger partial charge in [-0.1, -0.05) is 11.6 Å². The highest BCUT2D eigenvalue weighted by Crippen LogP contribution is 2.28. The normalized spacial score (nSPS) is 10.5. The van der Waals surface area contributed by atoms with Gasteiger partial charge in [0.25, 0.3) is 0 Å². The predicted molar refractivity (Wildman–Crippen MR) is 67.5 cm³/mol. The van der Waals surface area contributed by atoms with Crippen molar-refractivity contribution in [2.75, 3.05) is 5.73 Å². The van der Waals surface area contributed by atoms with Crippen LogP contribution in [0.25, 0.3) is 0 Å². The number of rotatable bonds is 3. The number of aromatic nitrogens is 1. The van der Waals surface area contributed by atoms with E-state index >= 15 is 0 Å². The van der Waals surface area contributed by atoms with E-state index in [1.807, 2.05) is 29.8 Å². The summed E-state index contributed by atoms with van der Waals surface area (Å²) in [6, 6.07) is 5.68. The number of halogens is 1. The number of benzene rings is 1. The van der Waals surface area contributed by atoms with Gasteiger partial charge in [-0.25, -0.2) is 4.98 Å². The molecule has 0 atom stereocenters. The standard InChI is InChI=1S/C10H9ClN2S2/c11-8-5-7(1-2-9(8)12)15-6-10-13-3-4-14-10/h1-5H,6,12H2. The Bertz CT molecular complexity index is 443. The van der Waals surface area contributed by atoms with E-state index in [4.69, 9.17) is 17.3 Å². The Balaban J connectivity index is 2.02. The van der Waals surface area contributed by atoms with Crippen LogP contribution in [0.3, 0.4) is 0 Å². The third kappa shape index (κ3) is 2.87. The molecule has 0 aliphatic heterocycles. The third-order valence-electron chi connectivity index (χ3n) is 1.82. The summed E-state index contributed by atoms with van der Waals surface area (Å²) in [6.45, 7) is 0. The van der Waals surface area contributed by atoms with Crippen LogP contribution in [0.4, 0.5) is 5.69 Å². The Morgan fingerprint density at radius 1 is 1.47 bits per heavy atom. The van der Waals surface area contributed by atoms with Crippen molar-refractivity contribution in [3.8, 4) is 0 Å². The van der Waals surface area contributed by atoms with E-state index < -0.39 is 0 Å². The largest absolute Gasteiger partial charge is 0.398 e. The average Bonchev–Trinajstić information content (AvgIpc) is 2.73. The first-order chi connectivity index (χ1) is 7.25. The van der Waals surface area contributed by atoms with Gasteiger partial charge < -0.3 is 5.73 Å². The number of hydrogen-bond donors (Lipinski definition) is 1. The van der Waals surface area contributed by atoms with Gasteiger partial charge in [0.2, 0.25) is 0 Å². The Hall–Kier alpha value is -0.710. The molecule has 0 spiro atoms. The van der Waals surface area contributed by atoms with Gasteiger partial charge in [-0.2, -0.15) is 0 Å². The van der Waals surface area contributed by atoms with Crippen LogP contribution in [0.5, 0.6) is 0 Å². The summed E-state index contributed by atoms with van der Waals surface area (Å²) in [6.07, 6.45) is 1.82. The summed E-state index contributed by atoms with van der Waals surface area (Å²) in [5, 5.41) is 3.71. The van der Waals surface area contributed by atoms with Crippen molar-refractivity contribution < 1.29 is 0 Å². The SMILES string of the molecule is Nc1ccc(SCc2nccs2)cc1Cl. The van der Waals surface area contributed by atoms with Crippen LogP contribution in [-0.4, -0.2) is 4.98 Å². The molecule has 0 radical (unpaired) electrons. The maximum atomic E-state index is 5.92. The topological polar surface area (TPSA) is 38.9 Å². The van der Waals surface area contributed by atoms with Gasteiger partial charge in [0.05, 0.1) is 16.5 Å². The summed E-state index contributed by atoms with van der Waals surface area (Å²) in [5.41, 5.74) is 6.25. The predicted octanol–water partition coefficient (Wildman–Crippen LogP) is 3.67. The monoisotopic (exact) mass is 256 g/mol. The lowest BCUT2D eigenvalue weighted by Gasteiger charge is -2.02. The van der Waals surface area contributed by atoms with Crippen molar-refractivity contribution in [2.24, 2.45) is 0 Å². The minimum atomic E-state index is 0.610. The van der Waals surface area contributed by atoms with E-state index in [1.54, 1.807) is 23.1 Å². The van der Waals surface area contributed by atoms with Crippen molar-refractivity contribution in [3.05, 3.63) is 39.8 Å². The quantitative estimate of drug-likeness (QED) is 0.673.